The van der Waals surface area contributed by atoms with Gasteiger partial charge < -0.3 is 15.5 Å². The molecule has 5 nitrogen and oxygen atoms in total. The molecule has 0 aliphatic carbocycles. The standard InChI is InChI=1S/C16H21NO4/c1-16(2,9-14(19)20)8-13(18)11-4-3-10-5-6-17-15(21)12(10)7-11/h3-4,7,13,18H,5-6,8-9H2,1-2H3,(H,17,21)(H,19,20). The van der Waals surface area contributed by atoms with Crippen LogP contribution in [-0.4, -0.2) is 28.6 Å². The van der Waals surface area contributed by atoms with Crippen molar-refractivity contribution < 1.29 is 19.8 Å². The van der Waals surface area contributed by atoms with Gasteiger partial charge in [0.05, 0.1) is 12.5 Å². The highest BCUT2D eigenvalue weighted by Crippen LogP contribution is 2.33. The molecule has 1 aromatic rings. The number of carbonyl (C=O) groups excluding carboxylic acids is 1. The van der Waals surface area contributed by atoms with Gasteiger partial charge in [0.1, 0.15) is 0 Å². The minimum atomic E-state index is -0.878. The molecule has 0 radical (unpaired) electrons. The number of fused-ring (bicyclic) bond motifs is 1. The molecule has 3 N–H and O–H groups in total. The zero-order valence-corrected chi connectivity index (χ0v) is 12.3. The summed E-state index contributed by atoms with van der Waals surface area (Å²) in [6.45, 7) is 4.27. The summed E-state index contributed by atoms with van der Waals surface area (Å²) in [6.07, 6.45) is 0.344. The Kier molecular flexibility index (Phi) is 4.32. The summed E-state index contributed by atoms with van der Waals surface area (Å²) in [5.41, 5.74) is 1.74. The van der Waals surface area contributed by atoms with E-state index in [9.17, 15) is 14.7 Å². The normalized spacial score (nSPS) is 16.0. The number of carboxylic acid groups (broad SMARTS) is 1. The number of aliphatic hydroxyl groups is 1. The molecule has 0 saturated carbocycles. The third-order valence-electron chi connectivity index (χ3n) is 3.82. The maximum atomic E-state index is 11.8. The Hall–Kier alpha value is -1.88. The van der Waals surface area contributed by atoms with Crippen molar-refractivity contribution in [2.24, 2.45) is 5.41 Å². The number of hydrogen-bond donors (Lipinski definition) is 3. The maximum absolute atomic E-state index is 11.8. The van der Waals surface area contributed by atoms with Crippen molar-refractivity contribution in [3.63, 3.8) is 0 Å². The quantitative estimate of drug-likeness (QED) is 0.773. The number of carbonyl (C=O) groups is 2. The zero-order chi connectivity index (χ0) is 15.6. The van der Waals surface area contributed by atoms with Crippen molar-refractivity contribution in [1.29, 1.82) is 0 Å². The van der Waals surface area contributed by atoms with E-state index in [-0.39, 0.29) is 12.3 Å². The van der Waals surface area contributed by atoms with Gasteiger partial charge in [-0.25, -0.2) is 0 Å². The Morgan fingerprint density at radius 2 is 2.14 bits per heavy atom. The molecule has 0 saturated heterocycles. The summed E-state index contributed by atoms with van der Waals surface area (Å²) < 4.78 is 0. The molecule has 1 aliphatic rings. The summed E-state index contributed by atoms with van der Waals surface area (Å²) in [7, 11) is 0. The largest absolute Gasteiger partial charge is 0.481 e. The van der Waals surface area contributed by atoms with Crippen LogP contribution in [0.4, 0.5) is 0 Å². The number of carboxylic acids is 1. The lowest BCUT2D eigenvalue weighted by molar-refractivity contribution is -0.139. The van der Waals surface area contributed by atoms with Gasteiger partial charge in [0.15, 0.2) is 0 Å². The van der Waals surface area contributed by atoms with Gasteiger partial charge in [-0.1, -0.05) is 26.0 Å². The molecule has 1 atom stereocenters. The van der Waals surface area contributed by atoms with Gasteiger partial charge in [0.2, 0.25) is 0 Å². The van der Waals surface area contributed by atoms with Crippen LogP contribution >= 0.6 is 0 Å². The fourth-order valence-corrected chi connectivity index (χ4v) is 2.76. The number of amides is 1. The lowest BCUT2D eigenvalue weighted by Gasteiger charge is -2.26. The van der Waals surface area contributed by atoms with E-state index in [0.29, 0.717) is 24.1 Å². The lowest BCUT2D eigenvalue weighted by Crippen LogP contribution is -2.32. The van der Waals surface area contributed by atoms with Crippen molar-refractivity contribution >= 4 is 11.9 Å². The van der Waals surface area contributed by atoms with Gasteiger partial charge in [-0.05, 0) is 35.4 Å². The number of rotatable bonds is 5. The predicted molar refractivity (Wildman–Crippen MR) is 78.1 cm³/mol. The van der Waals surface area contributed by atoms with Crippen LogP contribution in [0.2, 0.25) is 0 Å². The van der Waals surface area contributed by atoms with Crippen LogP contribution in [0, 0.1) is 5.41 Å². The van der Waals surface area contributed by atoms with Gasteiger partial charge in [0.25, 0.3) is 5.91 Å². The third-order valence-corrected chi connectivity index (χ3v) is 3.82. The molecule has 114 valence electrons. The number of aliphatic hydroxyl groups excluding tert-OH is 1. The molecular weight excluding hydrogens is 270 g/mol. The molecule has 0 bridgehead atoms. The molecule has 0 fully saturated rings. The molecule has 0 spiro atoms. The van der Waals surface area contributed by atoms with Gasteiger partial charge in [0, 0.05) is 12.1 Å². The summed E-state index contributed by atoms with van der Waals surface area (Å²) in [6, 6.07) is 5.40. The smallest absolute Gasteiger partial charge is 0.303 e. The van der Waals surface area contributed by atoms with Gasteiger partial charge in [-0.2, -0.15) is 0 Å². The van der Waals surface area contributed by atoms with Crippen molar-refractivity contribution in [3.05, 3.63) is 34.9 Å². The van der Waals surface area contributed by atoms with E-state index in [0.717, 1.165) is 12.0 Å². The molecule has 21 heavy (non-hydrogen) atoms. The molecule has 1 aliphatic heterocycles. The molecule has 1 heterocycles. The molecule has 1 amide bonds. The highest BCUT2D eigenvalue weighted by Gasteiger charge is 2.27. The first-order valence-corrected chi connectivity index (χ1v) is 7.09. The predicted octanol–water partition coefficient (Wildman–Crippen LogP) is 1.90. The van der Waals surface area contributed by atoms with Gasteiger partial charge in [-0.3, -0.25) is 9.59 Å². The summed E-state index contributed by atoms with van der Waals surface area (Å²) in [4.78, 5) is 22.7. The highest BCUT2D eigenvalue weighted by atomic mass is 16.4. The average molecular weight is 291 g/mol. The topological polar surface area (TPSA) is 86.6 Å². The van der Waals surface area contributed by atoms with Crippen molar-refractivity contribution in [1.82, 2.24) is 5.32 Å². The fraction of sp³-hybridized carbons (Fsp3) is 0.500. The third kappa shape index (κ3) is 3.82. The average Bonchev–Trinajstić information content (AvgIpc) is 2.36. The number of hydrogen-bond acceptors (Lipinski definition) is 3. The maximum Gasteiger partial charge on any atom is 0.303 e. The van der Waals surface area contributed by atoms with Gasteiger partial charge in [-0.15, -0.1) is 0 Å². The van der Waals surface area contributed by atoms with Gasteiger partial charge >= 0.3 is 5.97 Å². The number of aliphatic carboxylic acids is 1. The Balaban J connectivity index is 2.16. The van der Waals surface area contributed by atoms with Crippen LogP contribution in [0.15, 0.2) is 18.2 Å². The van der Waals surface area contributed by atoms with E-state index in [1.807, 2.05) is 26.0 Å². The van der Waals surface area contributed by atoms with Crippen LogP contribution in [0.1, 0.15) is 54.3 Å². The minimum absolute atomic E-state index is 0.00448. The second-order valence-corrected chi connectivity index (χ2v) is 6.38. The molecular formula is C16H21NO4. The molecule has 5 heteroatoms. The molecule has 1 aromatic carbocycles. The zero-order valence-electron chi connectivity index (χ0n) is 12.3. The SMILES string of the molecule is CC(C)(CC(=O)O)CC(O)c1ccc2c(c1)C(=O)NCC2. The van der Waals surface area contributed by atoms with E-state index in [2.05, 4.69) is 5.32 Å². The lowest BCUT2D eigenvalue weighted by atomic mass is 9.81. The second kappa shape index (κ2) is 5.85. The first-order valence-electron chi connectivity index (χ1n) is 7.09. The Bertz CT molecular complexity index is 565. The Morgan fingerprint density at radius 1 is 1.43 bits per heavy atom. The number of nitrogens with one attached hydrogen (secondary N) is 1. The summed E-state index contributed by atoms with van der Waals surface area (Å²) >= 11 is 0. The monoisotopic (exact) mass is 291 g/mol. The van der Waals surface area contributed by atoms with Crippen LogP contribution < -0.4 is 5.32 Å². The minimum Gasteiger partial charge on any atom is -0.481 e. The van der Waals surface area contributed by atoms with Crippen LogP contribution in [0.5, 0.6) is 0 Å². The van der Waals surface area contributed by atoms with E-state index >= 15 is 0 Å². The van der Waals surface area contributed by atoms with Crippen LogP contribution in [-0.2, 0) is 11.2 Å². The number of benzene rings is 1. The van der Waals surface area contributed by atoms with Crippen molar-refractivity contribution in [2.45, 2.75) is 39.2 Å². The Labute approximate surface area is 124 Å². The van der Waals surface area contributed by atoms with Crippen LogP contribution in [0.25, 0.3) is 0 Å². The first-order chi connectivity index (χ1) is 9.78. The summed E-state index contributed by atoms with van der Waals surface area (Å²) in [5, 5.41) is 22.0. The van der Waals surface area contributed by atoms with E-state index in [1.54, 1.807) is 6.07 Å². The first kappa shape index (κ1) is 15.5. The van der Waals surface area contributed by atoms with Crippen molar-refractivity contribution in [2.75, 3.05) is 6.54 Å². The summed E-state index contributed by atoms with van der Waals surface area (Å²) in [5.74, 6) is -0.993. The van der Waals surface area contributed by atoms with E-state index < -0.39 is 17.5 Å². The van der Waals surface area contributed by atoms with E-state index in [4.69, 9.17) is 5.11 Å². The second-order valence-electron chi connectivity index (χ2n) is 6.38. The highest BCUT2D eigenvalue weighted by molar-refractivity contribution is 5.96. The molecule has 0 aromatic heterocycles. The molecule has 2 rings (SSSR count). The molecule has 1 unspecified atom stereocenters. The van der Waals surface area contributed by atoms with Crippen LogP contribution in [0.3, 0.4) is 0 Å². The van der Waals surface area contributed by atoms with Crippen molar-refractivity contribution in [3.8, 4) is 0 Å². The van der Waals surface area contributed by atoms with E-state index in [1.165, 1.54) is 0 Å². The Morgan fingerprint density at radius 3 is 2.81 bits per heavy atom. The fourth-order valence-electron chi connectivity index (χ4n) is 2.76.